The molecule has 0 bridgehead atoms. The second-order valence-electron chi connectivity index (χ2n) is 3.49. The van der Waals surface area contributed by atoms with Crippen molar-refractivity contribution in [3.05, 3.63) is 0 Å². The van der Waals surface area contributed by atoms with Gasteiger partial charge in [0, 0.05) is 0 Å². The summed E-state index contributed by atoms with van der Waals surface area (Å²) in [5, 5.41) is 75.7. The first-order valence-corrected chi connectivity index (χ1v) is 5.19. The minimum absolute atomic E-state index is 0.526. The summed E-state index contributed by atoms with van der Waals surface area (Å²) >= 11 is 0. The highest BCUT2D eigenvalue weighted by Gasteiger charge is 2.22. The molecule has 9 N–H and O–H groups in total. The van der Waals surface area contributed by atoms with Crippen LogP contribution in [0.2, 0.25) is 0 Å². The summed E-state index contributed by atoms with van der Waals surface area (Å²) in [6.45, 7) is -2.33. The SMILES string of the molecule is OC[C@@H](O)[C@@H](O)CO.OC[C@@H](O)[C@@H](O)[C@@H](O)CO. The lowest BCUT2D eigenvalue weighted by Gasteiger charge is -2.19. The second kappa shape index (κ2) is 11.7. The molecule has 0 aliphatic rings. The molecule has 0 rings (SSSR count). The van der Waals surface area contributed by atoms with Gasteiger partial charge >= 0.3 is 0 Å². The van der Waals surface area contributed by atoms with Crippen LogP contribution < -0.4 is 0 Å². The average Bonchev–Trinajstić information content (AvgIpc) is 2.43. The van der Waals surface area contributed by atoms with Gasteiger partial charge in [0.1, 0.15) is 30.5 Å². The molecule has 0 aliphatic heterocycles. The van der Waals surface area contributed by atoms with Crippen molar-refractivity contribution in [2.45, 2.75) is 30.5 Å². The first-order valence-electron chi connectivity index (χ1n) is 5.19. The highest BCUT2D eigenvalue weighted by atomic mass is 16.4. The van der Waals surface area contributed by atoms with Crippen molar-refractivity contribution in [1.82, 2.24) is 0 Å². The third-order valence-corrected chi connectivity index (χ3v) is 1.98. The van der Waals surface area contributed by atoms with Gasteiger partial charge in [-0.05, 0) is 0 Å². The van der Waals surface area contributed by atoms with E-state index >= 15 is 0 Å². The molecular weight excluding hydrogens is 252 g/mol. The highest BCUT2D eigenvalue weighted by Crippen LogP contribution is 1.98. The molecule has 112 valence electrons. The van der Waals surface area contributed by atoms with E-state index in [0.29, 0.717) is 0 Å². The lowest BCUT2D eigenvalue weighted by atomic mass is 10.1. The molecule has 0 unspecified atom stereocenters. The predicted octanol–water partition coefficient (Wildman–Crippen LogP) is -5.25. The van der Waals surface area contributed by atoms with Crippen LogP contribution in [0, 0.1) is 0 Å². The molecule has 0 aromatic rings. The second-order valence-corrected chi connectivity index (χ2v) is 3.49. The van der Waals surface area contributed by atoms with E-state index in [-0.39, 0.29) is 0 Å². The topological polar surface area (TPSA) is 182 Å². The minimum Gasteiger partial charge on any atom is -0.394 e. The molecule has 9 nitrogen and oxygen atoms in total. The first-order chi connectivity index (χ1) is 8.35. The van der Waals surface area contributed by atoms with Crippen molar-refractivity contribution < 1.29 is 46.0 Å². The van der Waals surface area contributed by atoms with Gasteiger partial charge in [0.15, 0.2) is 0 Å². The fraction of sp³-hybridized carbons (Fsp3) is 1.00. The molecule has 0 spiro atoms. The summed E-state index contributed by atoms with van der Waals surface area (Å²) in [7, 11) is 0. The van der Waals surface area contributed by atoms with Gasteiger partial charge in [-0.25, -0.2) is 0 Å². The number of aliphatic hydroxyl groups excluding tert-OH is 9. The quantitative estimate of drug-likeness (QED) is 0.219. The summed E-state index contributed by atoms with van der Waals surface area (Å²) < 4.78 is 0. The Hall–Kier alpha value is -0.360. The summed E-state index contributed by atoms with van der Waals surface area (Å²) in [5.41, 5.74) is 0. The Morgan fingerprint density at radius 1 is 0.444 bits per heavy atom. The van der Waals surface area contributed by atoms with E-state index in [0.717, 1.165) is 0 Å². The van der Waals surface area contributed by atoms with Crippen LogP contribution in [0.3, 0.4) is 0 Å². The first kappa shape index (κ1) is 20.0. The van der Waals surface area contributed by atoms with Crippen molar-refractivity contribution in [3.8, 4) is 0 Å². The van der Waals surface area contributed by atoms with Crippen LogP contribution in [0.1, 0.15) is 0 Å². The lowest BCUT2D eigenvalue weighted by molar-refractivity contribution is -0.0900. The fourth-order valence-corrected chi connectivity index (χ4v) is 0.716. The van der Waals surface area contributed by atoms with E-state index in [1.54, 1.807) is 0 Å². The maximum atomic E-state index is 8.77. The number of aliphatic hydroxyl groups is 9. The van der Waals surface area contributed by atoms with Crippen LogP contribution in [-0.4, -0.2) is 103 Å². The van der Waals surface area contributed by atoms with Gasteiger partial charge in [0.05, 0.1) is 26.4 Å². The van der Waals surface area contributed by atoms with E-state index in [2.05, 4.69) is 0 Å². The smallest absolute Gasteiger partial charge is 0.110 e. The van der Waals surface area contributed by atoms with Crippen molar-refractivity contribution in [2.24, 2.45) is 0 Å². The van der Waals surface area contributed by atoms with Crippen LogP contribution in [0.5, 0.6) is 0 Å². The maximum Gasteiger partial charge on any atom is 0.110 e. The maximum absolute atomic E-state index is 8.77. The molecule has 5 atom stereocenters. The Balaban J connectivity index is 0. The van der Waals surface area contributed by atoms with E-state index in [9.17, 15) is 0 Å². The average molecular weight is 274 g/mol. The van der Waals surface area contributed by atoms with Gasteiger partial charge in [0.25, 0.3) is 0 Å². The Kier molecular flexibility index (Phi) is 13.0. The van der Waals surface area contributed by atoms with E-state index < -0.39 is 56.9 Å². The van der Waals surface area contributed by atoms with Gasteiger partial charge < -0.3 is 46.0 Å². The molecule has 0 aliphatic carbocycles. The molecule has 0 aromatic carbocycles. The Bertz CT molecular complexity index is 161. The van der Waals surface area contributed by atoms with Gasteiger partial charge in [-0.2, -0.15) is 0 Å². The normalized spacial score (nSPS) is 19.2. The molecule has 0 heterocycles. The van der Waals surface area contributed by atoms with Crippen LogP contribution >= 0.6 is 0 Å². The van der Waals surface area contributed by atoms with Crippen molar-refractivity contribution in [1.29, 1.82) is 0 Å². The molecule has 0 amide bonds. The lowest BCUT2D eigenvalue weighted by Crippen LogP contribution is -2.41. The van der Waals surface area contributed by atoms with E-state index in [4.69, 9.17) is 46.0 Å². The van der Waals surface area contributed by atoms with Crippen LogP contribution in [-0.2, 0) is 0 Å². The van der Waals surface area contributed by atoms with Crippen molar-refractivity contribution in [3.63, 3.8) is 0 Å². The van der Waals surface area contributed by atoms with Crippen LogP contribution in [0.4, 0.5) is 0 Å². The summed E-state index contributed by atoms with van der Waals surface area (Å²) in [4.78, 5) is 0. The molecule has 0 saturated heterocycles. The Labute approximate surface area is 104 Å². The molecule has 9 heteroatoms. The number of rotatable bonds is 7. The van der Waals surface area contributed by atoms with Gasteiger partial charge in [-0.1, -0.05) is 0 Å². The number of hydrogen-bond acceptors (Lipinski definition) is 9. The van der Waals surface area contributed by atoms with Crippen LogP contribution in [0.15, 0.2) is 0 Å². The Morgan fingerprint density at radius 2 is 0.667 bits per heavy atom. The van der Waals surface area contributed by atoms with E-state index in [1.807, 2.05) is 0 Å². The largest absolute Gasteiger partial charge is 0.394 e. The number of hydrogen-bond donors (Lipinski definition) is 9. The summed E-state index contributed by atoms with van der Waals surface area (Å²) in [5.74, 6) is 0. The molecular formula is C9H22O9. The third-order valence-electron chi connectivity index (χ3n) is 1.98. The summed E-state index contributed by atoms with van der Waals surface area (Å²) in [6.07, 6.45) is -6.74. The van der Waals surface area contributed by atoms with Gasteiger partial charge in [-0.15, -0.1) is 0 Å². The van der Waals surface area contributed by atoms with Crippen molar-refractivity contribution >= 4 is 0 Å². The van der Waals surface area contributed by atoms with E-state index in [1.165, 1.54) is 0 Å². The molecule has 18 heavy (non-hydrogen) atoms. The zero-order chi connectivity index (χ0) is 14.7. The highest BCUT2D eigenvalue weighted by molar-refractivity contribution is 4.73. The molecule has 0 aromatic heterocycles. The molecule has 0 saturated carbocycles. The zero-order valence-corrected chi connectivity index (χ0v) is 9.74. The molecule has 0 fully saturated rings. The summed E-state index contributed by atoms with van der Waals surface area (Å²) in [6, 6.07) is 0. The van der Waals surface area contributed by atoms with Gasteiger partial charge in [-0.3, -0.25) is 0 Å². The standard InChI is InChI=1S/C5H12O5.C4H10O4/c6-1-3(8)5(10)4(9)2-7;5-1-3(7)4(8)2-6/h3-10H,1-2H2;3-8H,1-2H2/t3-,4+,5-;3-,4+. The van der Waals surface area contributed by atoms with Crippen molar-refractivity contribution in [2.75, 3.05) is 26.4 Å². The molecule has 0 radical (unpaired) electrons. The monoisotopic (exact) mass is 274 g/mol. The van der Waals surface area contributed by atoms with Gasteiger partial charge in [0.2, 0.25) is 0 Å². The van der Waals surface area contributed by atoms with Crippen LogP contribution in [0.25, 0.3) is 0 Å². The predicted molar refractivity (Wildman–Crippen MR) is 58.4 cm³/mol. The fourth-order valence-electron chi connectivity index (χ4n) is 0.716. The Morgan fingerprint density at radius 3 is 0.833 bits per heavy atom. The minimum atomic E-state index is -1.49. The third kappa shape index (κ3) is 8.69. The zero-order valence-electron chi connectivity index (χ0n) is 9.74.